The van der Waals surface area contributed by atoms with E-state index in [0.717, 1.165) is 16.0 Å². The minimum Gasteiger partial charge on any atom is -0.507 e. The van der Waals surface area contributed by atoms with Crippen LogP contribution in [0.25, 0.3) is 11.4 Å². The topological polar surface area (TPSA) is 72.3 Å². The number of phenolic OH excluding ortho intramolecular Hbond substituents is 1. The van der Waals surface area contributed by atoms with Gasteiger partial charge in [-0.2, -0.15) is 0 Å². The molecule has 0 spiro atoms. The van der Waals surface area contributed by atoms with Gasteiger partial charge in [0.05, 0.1) is 5.70 Å². The minimum absolute atomic E-state index is 0.104. The minimum atomic E-state index is 0.104. The summed E-state index contributed by atoms with van der Waals surface area (Å²) in [6, 6.07) is 12.8. The molecule has 5 N–H and O–H groups in total. The summed E-state index contributed by atoms with van der Waals surface area (Å²) in [7, 11) is 1.40. The van der Waals surface area contributed by atoms with Crippen molar-refractivity contribution in [3.8, 4) is 16.9 Å². The van der Waals surface area contributed by atoms with Crippen molar-refractivity contribution in [2.24, 2.45) is 11.5 Å². The molecular weight excluding hydrogens is 407 g/mol. The average Bonchev–Trinajstić information content (AvgIpc) is 2.52. The molecule has 2 rings (SSSR count). The molecule has 2 aromatic rings. The fraction of sp³-hybridized carbons (Fsp3) is 0.0588. The Hall–Kier alpha value is -1.78. The lowest BCUT2D eigenvalue weighted by molar-refractivity contribution is 0.473. The summed E-state index contributed by atoms with van der Waals surface area (Å²) in [6.07, 6.45) is 0. The third-order valence-corrected chi connectivity index (χ3v) is 4.00. The molecule has 0 aromatic heterocycles. The van der Waals surface area contributed by atoms with E-state index in [1.807, 2.05) is 37.3 Å². The molecule has 0 aliphatic rings. The molecular formula is C17H15IN2OS. The Morgan fingerprint density at radius 3 is 2.41 bits per heavy atom. The smallest absolute Gasteiger partial charge is 0.126 e. The summed E-state index contributed by atoms with van der Waals surface area (Å²) in [5.74, 6) is 3.05. The first-order valence-corrected chi connectivity index (χ1v) is 9.83. The third kappa shape index (κ3) is 3.70. The highest BCUT2D eigenvalue weighted by Gasteiger charge is 2.06. The molecule has 0 fully saturated rings. The van der Waals surface area contributed by atoms with Gasteiger partial charge in [0.25, 0.3) is 0 Å². The van der Waals surface area contributed by atoms with Gasteiger partial charge in [-0.25, -0.2) is 0 Å². The second kappa shape index (κ2) is 7.47. The van der Waals surface area contributed by atoms with Crippen LogP contribution in [0, 0.1) is 11.2 Å². The SMILES string of the molecule is C/C(N)=c1/cccc/c1=C(/N)c1ccc(C#CSI)cc1O. The van der Waals surface area contributed by atoms with Crippen molar-refractivity contribution in [2.75, 3.05) is 0 Å². The van der Waals surface area contributed by atoms with Crippen molar-refractivity contribution in [2.45, 2.75) is 6.92 Å². The van der Waals surface area contributed by atoms with Gasteiger partial charge in [0.2, 0.25) is 0 Å². The number of nitrogens with two attached hydrogens (primary N) is 2. The number of rotatable bonds is 1. The highest BCUT2D eigenvalue weighted by Crippen LogP contribution is 2.22. The first kappa shape index (κ1) is 16.6. The zero-order valence-electron chi connectivity index (χ0n) is 11.9. The normalized spacial score (nSPS) is 13.0. The number of hydrogen-bond donors (Lipinski definition) is 3. The summed E-state index contributed by atoms with van der Waals surface area (Å²) in [5.41, 5.74) is 14.6. The van der Waals surface area contributed by atoms with E-state index >= 15 is 0 Å². The van der Waals surface area contributed by atoms with Gasteiger partial charge in [0, 0.05) is 48.5 Å². The summed E-state index contributed by atoms with van der Waals surface area (Å²) < 4.78 is 0. The van der Waals surface area contributed by atoms with Crippen LogP contribution in [0.5, 0.6) is 5.75 Å². The van der Waals surface area contributed by atoms with Crippen LogP contribution in [0.3, 0.4) is 0 Å². The summed E-state index contributed by atoms with van der Waals surface area (Å²) in [6.45, 7) is 1.83. The largest absolute Gasteiger partial charge is 0.507 e. The number of benzene rings is 2. The third-order valence-electron chi connectivity index (χ3n) is 3.16. The summed E-state index contributed by atoms with van der Waals surface area (Å²) in [4.78, 5) is 0. The number of hydrogen-bond acceptors (Lipinski definition) is 4. The molecule has 112 valence electrons. The Morgan fingerprint density at radius 1 is 1.14 bits per heavy atom. The molecule has 0 heterocycles. The van der Waals surface area contributed by atoms with E-state index < -0.39 is 0 Å². The highest BCUT2D eigenvalue weighted by molar-refractivity contribution is 14.2. The Bertz CT molecular complexity index is 878. The zero-order valence-corrected chi connectivity index (χ0v) is 14.9. The molecule has 2 aromatic carbocycles. The first-order valence-electron chi connectivity index (χ1n) is 6.47. The second-order valence-electron chi connectivity index (χ2n) is 4.68. The van der Waals surface area contributed by atoms with Gasteiger partial charge in [-0.05, 0) is 39.3 Å². The van der Waals surface area contributed by atoms with Crippen LogP contribution in [0.15, 0.2) is 42.5 Å². The molecule has 3 nitrogen and oxygen atoms in total. The Kier molecular flexibility index (Phi) is 5.63. The van der Waals surface area contributed by atoms with E-state index in [4.69, 9.17) is 11.5 Å². The maximum Gasteiger partial charge on any atom is 0.126 e. The van der Waals surface area contributed by atoms with Crippen molar-refractivity contribution in [1.29, 1.82) is 0 Å². The summed E-state index contributed by atoms with van der Waals surface area (Å²) in [5, 5.41) is 14.8. The molecule has 0 aliphatic carbocycles. The lowest BCUT2D eigenvalue weighted by Gasteiger charge is -2.06. The number of phenols is 1. The number of aromatic hydroxyl groups is 1. The monoisotopic (exact) mass is 422 g/mol. The van der Waals surface area contributed by atoms with Crippen molar-refractivity contribution < 1.29 is 5.11 Å². The van der Waals surface area contributed by atoms with E-state index in [9.17, 15) is 5.11 Å². The maximum atomic E-state index is 10.2. The molecule has 0 bridgehead atoms. The van der Waals surface area contributed by atoms with E-state index in [0.29, 0.717) is 17.0 Å². The van der Waals surface area contributed by atoms with E-state index in [2.05, 4.69) is 32.4 Å². The van der Waals surface area contributed by atoms with Crippen LogP contribution in [0.2, 0.25) is 0 Å². The van der Waals surface area contributed by atoms with Gasteiger partial charge < -0.3 is 16.6 Å². The lowest BCUT2D eigenvalue weighted by atomic mass is 10.0. The predicted molar refractivity (Wildman–Crippen MR) is 102 cm³/mol. The molecule has 0 radical (unpaired) electrons. The predicted octanol–water partition coefficient (Wildman–Crippen LogP) is 1.99. The van der Waals surface area contributed by atoms with Gasteiger partial charge >= 0.3 is 0 Å². The van der Waals surface area contributed by atoms with E-state index in [1.54, 1.807) is 12.1 Å². The van der Waals surface area contributed by atoms with Gasteiger partial charge in [-0.3, -0.25) is 0 Å². The van der Waals surface area contributed by atoms with Crippen molar-refractivity contribution in [1.82, 2.24) is 0 Å². The zero-order chi connectivity index (χ0) is 16.1. The quantitative estimate of drug-likeness (QED) is 0.486. The molecule has 0 saturated carbocycles. The fourth-order valence-electron chi connectivity index (χ4n) is 2.12. The Balaban J connectivity index is 2.68. The van der Waals surface area contributed by atoms with Crippen LogP contribution in [0.1, 0.15) is 18.1 Å². The molecule has 0 aliphatic heterocycles. The molecule has 0 saturated heterocycles. The van der Waals surface area contributed by atoms with Crippen LogP contribution in [0.4, 0.5) is 0 Å². The fourth-order valence-corrected chi connectivity index (χ4v) is 2.61. The van der Waals surface area contributed by atoms with Crippen molar-refractivity contribution in [3.63, 3.8) is 0 Å². The molecule has 22 heavy (non-hydrogen) atoms. The van der Waals surface area contributed by atoms with Gasteiger partial charge in [0.1, 0.15) is 5.75 Å². The summed E-state index contributed by atoms with van der Waals surface area (Å²) >= 11 is 2.10. The molecule has 0 amide bonds. The molecule has 0 atom stereocenters. The van der Waals surface area contributed by atoms with Crippen LogP contribution in [-0.4, -0.2) is 5.11 Å². The number of halogens is 1. The van der Waals surface area contributed by atoms with E-state index in [1.165, 1.54) is 8.93 Å². The van der Waals surface area contributed by atoms with Gasteiger partial charge in [-0.15, -0.1) is 0 Å². The van der Waals surface area contributed by atoms with Gasteiger partial charge in [-0.1, -0.05) is 30.2 Å². The Labute approximate surface area is 145 Å². The average molecular weight is 422 g/mol. The van der Waals surface area contributed by atoms with Crippen LogP contribution >= 0.6 is 30.1 Å². The maximum absolute atomic E-state index is 10.2. The van der Waals surface area contributed by atoms with E-state index in [-0.39, 0.29) is 5.75 Å². The van der Waals surface area contributed by atoms with Crippen LogP contribution in [-0.2, 0) is 0 Å². The Morgan fingerprint density at radius 2 is 1.82 bits per heavy atom. The molecule has 0 unspecified atom stereocenters. The van der Waals surface area contributed by atoms with Crippen molar-refractivity contribution in [3.05, 3.63) is 64.0 Å². The first-order chi connectivity index (χ1) is 10.5. The molecule has 5 heteroatoms. The van der Waals surface area contributed by atoms with Gasteiger partial charge in [0.15, 0.2) is 0 Å². The van der Waals surface area contributed by atoms with Crippen molar-refractivity contribution >= 4 is 41.5 Å². The van der Waals surface area contributed by atoms with Crippen LogP contribution < -0.4 is 21.9 Å². The lowest BCUT2D eigenvalue weighted by Crippen LogP contribution is -2.33. The highest BCUT2D eigenvalue weighted by atomic mass is 127. The second-order valence-corrected chi connectivity index (χ2v) is 6.36. The standard InChI is InChI=1S/C17H15IN2OS/c1-11(19)13-4-2-3-5-14(13)17(20)15-7-6-12(8-9-22-18)10-16(15)21/h2-7,10,21H,19-20H2,1H3/b13-11+,17-14-.